The molecular formula is C16H4F16O5. The van der Waals surface area contributed by atoms with Gasteiger partial charge in [-0.3, -0.25) is 19.1 Å². The van der Waals surface area contributed by atoms with Crippen molar-refractivity contribution < 1.29 is 94.0 Å². The number of hydrogen-bond donors (Lipinski definition) is 0. The molecule has 1 aromatic rings. The van der Waals surface area contributed by atoms with Crippen LogP contribution in [0, 0.1) is 0 Å². The average molecular weight is 580 g/mol. The molecule has 1 aromatic carbocycles. The van der Waals surface area contributed by atoms with Crippen LogP contribution in [-0.4, -0.2) is 61.4 Å². The summed E-state index contributed by atoms with van der Waals surface area (Å²) in [7, 11) is 0. The maximum absolute atomic E-state index is 13.9. The molecule has 2 atom stereocenters. The standard InChI is InChI=1S/C16H4F16O5/c17-9(10(18,19)35-8-3-6(4-33)1-2-7(8)5-34)36-16(31,32)12(22,14(26,27)28)37-15(29,30)11(20,21)13(23,24)25/h1-3,9H. The fraction of sp³-hybridized carbons (Fsp3) is 0.500. The Morgan fingerprint density at radius 1 is 0.703 bits per heavy atom. The van der Waals surface area contributed by atoms with E-state index in [0.717, 1.165) is 12.6 Å². The van der Waals surface area contributed by atoms with Crippen LogP contribution < -0.4 is 4.74 Å². The van der Waals surface area contributed by atoms with Crippen LogP contribution in [0.1, 0.15) is 11.1 Å². The molecule has 210 valence electrons. The van der Waals surface area contributed by atoms with E-state index in [9.17, 15) is 79.8 Å². The first-order valence-electron chi connectivity index (χ1n) is 8.24. The summed E-state index contributed by atoms with van der Waals surface area (Å²) < 4.78 is 216. The summed E-state index contributed by atoms with van der Waals surface area (Å²) in [6, 6.07) is 1.25. The van der Waals surface area contributed by atoms with Crippen molar-refractivity contribution in [1.29, 1.82) is 0 Å². The molecule has 0 aliphatic heterocycles. The van der Waals surface area contributed by atoms with Gasteiger partial charge in [0.05, 0.1) is 5.56 Å². The molecule has 2 radical (unpaired) electrons. The van der Waals surface area contributed by atoms with Gasteiger partial charge in [-0.2, -0.15) is 65.9 Å². The lowest BCUT2D eigenvalue weighted by Gasteiger charge is -2.38. The molecule has 21 heteroatoms. The van der Waals surface area contributed by atoms with Crippen LogP contribution in [0.4, 0.5) is 70.2 Å². The van der Waals surface area contributed by atoms with Crippen molar-refractivity contribution in [3.63, 3.8) is 0 Å². The summed E-state index contributed by atoms with van der Waals surface area (Å²) in [5.41, 5.74) is -1.89. The summed E-state index contributed by atoms with van der Waals surface area (Å²) >= 11 is 0. The zero-order valence-corrected chi connectivity index (χ0v) is 16.4. The maximum Gasteiger partial charge on any atom is 0.462 e. The maximum atomic E-state index is 13.9. The number of rotatable bonds is 11. The fourth-order valence-corrected chi connectivity index (χ4v) is 1.91. The second-order valence-electron chi connectivity index (χ2n) is 6.31. The molecule has 0 saturated heterocycles. The predicted molar refractivity (Wildman–Crippen MR) is 79.5 cm³/mol. The van der Waals surface area contributed by atoms with Gasteiger partial charge in [0.25, 0.3) is 0 Å². The molecule has 0 heterocycles. The van der Waals surface area contributed by atoms with Crippen LogP contribution >= 0.6 is 0 Å². The molecule has 0 N–H and O–H groups in total. The van der Waals surface area contributed by atoms with Gasteiger partial charge in [-0.1, -0.05) is 0 Å². The predicted octanol–water partition coefficient (Wildman–Crippen LogP) is 5.51. The van der Waals surface area contributed by atoms with Gasteiger partial charge in [-0.15, -0.1) is 0 Å². The van der Waals surface area contributed by atoms with Crippen molar-refractivity contribution in [3.05, 3.63) is 29.3 Å². The van der Waals surface area contributed by atoms with Gasteiger partial charge in [-0.25, -0.2) is 4.39 Å². The molecule has 37 heavy (non-hydrogen) atoms. The molecule has 0 amide bonds. The highest BCUT2D eigenvalue weighted by molar-refractivity contribution is 5.84. The zero-order chi connectivity index (χ0) is 29.5. The van der Waals surface area contributed by atoms with Crippen molar-refractivity contribution in [2.24, 2.45) is 0 Å². The smallest absolute Gasteiger partial charge is 0.428 e. The normalized spacial score (nSPS) is 16.6. The van der Waals surface area contributed by atoms with E-state index in [1.807, 2.05) is 0 Å². The lowest BCUT2D eigenvalue weighted by Crippen LogP contribution is -2.66. The molecule has 1 rings (SSSR count). The Bertz CT molecular complexity index is 988. The minimum atomic E-state index is -7.84. The lowest BCUT2D eigenvalue weighted by atomic mass is 10.1. The first kappa shape index (κ1) is 32.2. The minimum Gasteiger partial charge on any atom is -0.428 e. The van der Waals surface area contributed by atoms with Gasteiger partial charge >= 0.3 is 48.8 Å². The topological polar surface area (TPSA) is 61.8 Å². The van der Waals surface area contributed by atoms with Crippen LogP contribution in [0.3, 0.4) is 0 Å². The number of carbonyl (C=O) groups excluding carboxylic acids is 2. The Morgan fingerprint density at radius 2 is 1.22 bits per heavy atom. The van der Waals surface area contributed by atoms with Gasteiger partial charge in [0.2, 0.25) is 12.6 Å². The quantitative estimate of drug-likeness (QED) is 0.323. The number of alkyl halides is 16. The van der Waals surface area contributed by atoms with Gasteiger partial charge < -0.3 is 4.74 Å². The molecular weight excluding hydrogens is 576 g/mol. The summed E-state index contributed by atoms with van der Waals surface area (Å²) in [6.45, 7) is 0. The van der Waals surface area contributed by atoms with E-state index in [1.54, 1.807) is 0 Å². The molecule has 0 aliphatic carbocycles. The van der Waals surface area contributed by atoms with E-state index in [-0.39, 0.29) is 6.07 Å². The van der Waals surface area contributed by atoms with Gasteiger partial charge in [0.1, 0.15) is 5.75 Å². The zero-order valence-electron chi connectivity index (χ0n) is 16.4. The average Bonchev–Trinajstić information content (AvgIpc) is 2.70. The van der Waals surface area contributed by atoms with Gasteiger partial charge in [0.15, 0.2) is 0 Å². The van der Waals surface area contributed by atoms with Crippen molar-refractivity contribution in [3.8, 4) is 5.75 Å². The third kappa shape index (κ3) is 6.18. The first-order chi connectivity index (χ1) is 16.3. The summed E-state index contributed by atoms with van der Waals surface area (Å²) in [4.78, 5) is 21.1. The SMILES string of the molecule is O=[C]c1ccc([C]=O)c(OC(F)(F)C(F)OC(F)(F)C(F)(OC(F)(F)C(F)(F)C(F)(F)F)C(F)(F)F)c1. The molecule has 2 unspecified atom stereocenters. The fourth-order valence-electron chi connectivity index (χ4n) is 1.91. The Kier molecular flexibility index (Phi) is 8.53. The Labute approximate surface area is 191 Å². The largest absolute Gasteiger partial charge is 0.462 e. The molecule has 0 aromatic heterocycles. The van der Waals surface area contributed by atoms with Crippen molar-refractivity contribution in [2.75, 3.05) is 0 Å². The first-order valence-corrected chi connectivity index (χ1v) is 8.24. The summed E-state index contributed by atoms with van der Waals surface area (Å²) in [5, 5.41) is 0. The number of benzene rings is 1. The van der Waals surface area contributed by atoms with Crippen LogP contribution in [0.25, 0.3) is 0 Å². The Morgan fingerprint density at radius 3 is 1.62 bits per heavy atom. The number of hydrogen-bond acceptors (Lipinski definition) is 5. The highest BCUT2D eigenvalue weighted by Gasteiger charge is 2.84. The Balaban J connectivity index is 3.42. The van der Waals surface area contributed by atoms with E-state index in [1.165, 1.54) is 4.74 Å². The lowest BCUT2D eigenvalue weighted by molar-refractivity contribution is -0.543. The van der Waals surface area contributed by atoms with Crippen LogP contribution in [0.5, 0.6) is 5.75 Å². The second kappa shape index (κ2) is 9.80. The van der Waals surface area contributed by atoms with Crippen molar-refractivity contribution in [1.82, 2.24) is 0 Å². The van der Waals surface area contributed by atoms with Gasteiger partial charge in [0, 0.05) is 5.56 Å². The Hall–Kier alpha value is -2.84. The van der Waals surface area contributed by atoms with Gasteiger partial charge in [-0.05, 0) is 18.2 Å². The molecule has 0 saturated carbocycles. The van der Waals surface area contributed by atoms with E-state index in [4.69, 9.17) is 0 Å². The molecule has 0 bridgehead atoms. The van der Waals surface area contributed by atoms with E-state index >= 15 is 0 Å². The number of ether oxygens (including phenoxy) is 3. The van der Waals surface area contributed by atoms with Crippen LogP contribution in [-0.2, 0) is 19.1 Å². The third-order valence-corrected chi connectivity index (χ3v) is 3.70. The molecule has 5 nitrogen and oxygen atoms in total. The molecule has 0 spiro atoms. The second-order valence-corrected chi connectivity index (χ2v) is 6.31. The third-order valence-electron chi connectivity index (χ3n) is 3.70. The summed E-state index contributed by atoms with van der Waals surface area (Å²) in [6.07, 6.45) is -40.3. The van der Waals surface area contributed by atoms with Crippen molar-refractivity contribution in [2.45, 2.75) is 48.8 Å². The number of halogens is 16. The van der Waals surface area contributed by atoms with Crippen LogP contribution in [0.2, 0.25) is 0 Å². The molecule has 0 aliphatic rings. The van der Waals surface area contributed by atoms with Crippen molar-refractivity contribution >= 4 is 12.6 Å². The highest BCUT2D eigenvalue weighted by atomic mass is 19.4. The van der Waals surface area contributed by atoms with E-state index in [0.29, 0.717) is 12.1 Å². The monoisotopic (exact) mass is 580 g/mol. The highest BCUT2D eigenvalue weighted by Crippen LogP contribution is 2.55. The molecule has 0 fully saturated rings. The summed E-state index contributed by atoms with van der Waals surface area (Å²) in [5.74, 6) is -17.3. The minimum absolute atomic E-state index is 0.129. The van der Waals surface area contributed by atoms with Crippen LogP contribution in [0.15, 0.2) is 18.2 Å². The van der Waals surface area contributed by atoms with E-state index < -0.39 is 65.7 Å². The van der Waals surface area contributed by atoms with E-state index in [2.05, 4.69) is 9.47 Å².